The number of anilines is 2. The van der Waals surface area contributed by atoms with Gasteiger partial charge in [-0.3, -0.25) is 4.79 Å². The lowest BCUT2D eigenvalue weighted by Gasteiger charge is -2.28. The highest BCUT2D eigenvalue weighted by molar-refractivity contribution is 6.15. The molecule has 3 heterocycles. The topological polar surface area (TPSA) is 71.3 Å². The Morgan fingerprint density at radius 1 is 1.11 bits per heavy atom. The first-order valence-corrected chi connectivity index (χ1v) is 9.95. The van der Waals surface area contributed by atoms with Crippen molar-refractivity contribution < 1.29 is 9.21 Å². The number of aromatic nitrogens is 2. The minimum absolute atomic E-state index is 0.193. The molecule has 1 amide bonds. The van der Waals surface area contributed by atoms with Crippen molar-refractivity contribution in [3.63, 3.8) is 0 Å². The number of furan rings is 1. The Morgan fingerprint density at radius 3 is 2.50 bits per heavy atom. The third-order valence-electron chi connectivity index (χ3n) is 5.36. The zero-order chi connectivity index (χ0) is 19.7. The fourth-order valence-electron chi connectivity index (χ4n) is 3.79. The molecule has 1 aromatic carbocycles. The molecule has 2 aromatic heterocycles. The number of hydrogen-bond donors (Lipinski definition) is 1. The number of benzene rings is 1. The molecule has 4 rings (SSSR count). The summed E-state index contributed by atoms with van der Waals surface area (Å²) in [4.78, 5) is 24.1. The van der Waals surface area contributed by atoms with Crippen molar-refractivity contribution in [1.82, 2.24) is 9.97 Å². The van der Waals surface area contributed by atoms with Crippen LogP contribution in [0.15, 0.2) is 35.0 Å². The van der Waals surface area contributed by atoms with Crippen molar-refractivity contribution in [3.05, 3.63) is 47.5 Å². The van der Waals surface area contributed by atoms with E-state index in [1.54, 1.807) is 6.92 Å². The molecule has 0 saturated carbocycles. The molecule has 0 atom stereocenters. The quantitative estimate of drug-likeness (QED) is 0.699. The summed E-state index contributed by atoms with van der Waals surface area (Å²) < 4.78 is 5.80. The van der Waals surface area contributed by atoms with Crippen LogP contribution < -0.4 is 10.2 Å². The molecular formula is C22H26N4O2. The lowest BCUT2D eigenvalue weighted by Crippen LogP contribution is -2.30. The first kappa shape index (κ1) is 18.5. The molecule has 1 saturated heterocycles. The number of amides is 1. The molecule has 0 radical (unpaired) electrons. The van der Waals surface area contributed by atoms with Crippen LogP contribution >= 0.6 is 0 Å². The lowest BCUT2D eigenvalue weighted by molar-refractivity contribution is 0.102. The Bertz CT molecular complexity index is 986. The number of carbonyl (C=O) groups is 1. The second-order valence-corrected chi connectivity index (χ2v) is 7.69. The monoisotopic (exact) mass is 378 g/mol. The summed E-state index contributed by atoms with van der Waals surface area (Å²) in [5, 5.41) is 3.71. The van der Waals surface area contributed by atoms with Gasteiger partial charge in [0.15, 0.2) is 0 Å². The van der Waals surface area contributed by atoms with Gasteiger partial charge in [0, 0.05) is 18.8 Å². The molecule has 6 nitrogen and oxygen atoms in total. The van der Waals surface area contributed by atoms with Gasteiger partial charge >= 0.3 is 0 Å². The van der Waals surface area contributed by atoms with E-state index in [1.807, 2.05) is 24.3 Å². The number of fused-ring (bicyclic) bond motifs is 1. The Hall–Kier alpha value is -2.89. The van der Waals surface area contributed by atoms with Gasteiger partial charge in [-0.15, -0.1) is 0 Å². The van der Waals surface area contributed by atoms with Crippen LogP contribution in [0.25, 0.3) is 11.1 Å². The van der Waals surface area contributed by atoms with E-state index in [4.69, 9.17) is 4.42 Å². The lowest BCUT2D eigenvalue weighted by atomic mass is 10.0. The maximum Gasteiger partial charge on any atom is 0.260 e. The molecule has 146 valence electrons. The van der Waals surface area contributed by atoms with Gasteiger partial charge in [-0.1, -0.05) is 26.0 Å². The van der Waals surface area contributed by atoms with Crippen molar-refractivity contribution >= 4 is 28.5 Å². The summed E-state index contributed by atoms with van der Waals surface area (Å²) in [5.41, 5.74) is 2.99. The minimum atomic E-state index is -0.193. The first-order valence-electron chi connectivity index (χ1n) is 9.95. The largest absolute Gasteiger partial charge is 0.442 e. The summed E-state index contributed by atoms with van der Waals surface area (Å²) in [7, 11) is 0. The van der Waals surface area contributed by atoms with Crippen molar-refractivity contribution in [1.29, 1.82) is 0 Å². The van der Waals surface area contributed by atoms with Crippen LogP contribution in [0.2, 0.25) is 0 Å². The molecule has 0 spiro atoms. The molecule has 3 aromatic rings. The summed E-state index contributed by atoms with van der Waals surface area (Å²) in [6, 6.07) is 7.96. The third-order valence-corrected chi connectivity index (χ3v) is 5.36. The molecule has 1 N–H and O–H groups in total. The first-order chi connectivity index (χ1) is 13.5. The van der Waals surface area contributed by atoms with E-state index in [9.17, 15) is 4.79 Å². The van der Waals surface area contributed by atoms with Gasteiger partial charge in [0.05, 0.1) is 10.9 Å². The molecule has 0 unspecified atom stereocenters. The SMILES string of the molecule is Cc1oc2ncnc(N3CCCCC3)c2c1C(=O)Nc1ccc(C(C)C)cc1. The predicted octanol–water partition coefficient (Wildman–Crippen LogP) is 4.90. The van der Waals surface area contributed by atoms with E-state index >= 15 is 0 Å². The summed E-state index contributed by atoms with van der Waals surface area (Å²) in [6.07, 6.45) is 5.01. The summed E-state index contributed by atoms with van der Waals surface area (Å²) in [5.74, 6) is 1.61. The second-order valence-electron chi connectivity index (χ2n) is 7.69. The van der Waals surface area contributed by atoms with Crippen molar-refractivity contribution in [2.45, 2.75) is 46.0 Å². The van der Waals surface area contributed by atoms with E-state index in [2.05, 4.69) is 34.0 Å². The Morgan fingerprint density at radius 2 is 1.82 bits per heavy atom. The summed E-state index contributed by atoms with van der Waals surface area (Å²) >= 11 is 0. The smallest absolute Gasteiger partial charge is 0.260 e. The molecule has 6 heteroatoms. The number of aryl methyl sites for hydroxylation is 1. The number of rotatable bonds is 4. The highest BCUT2D eigenvalue weighted by atomic mass is 16.3. The Kier molecular flexibility index (Phi) is 5.03. The van der Waals surface area contributed by atoms with Crippen molar-refractivity contribution in [2.24, 2.45) is 0 Å². The van der Waals surface area contributed by atoms with Crippen LogP contribution in [0, 0.1) is 6.92 Å². The highest BCUT2D eigenvalue weighted by Gasteiger charge is 2.25. The normalized spacial score (nSPS) is 14.6. The number of carbonyl (C=O) groups excluding carboxylic acids is 1. The number of piperidine rings is 1. The van der Waals surface area contributed by atoms with Gasteiger partial charge in [-0.2, -0.15) is 0 Å². The maximum absolute atomic E-state index is 13.1. The molecule has 28 heavy (non-hydrogen) atoms. The molecule has 0 aliphatic carbocycles. The average molecular weight is 378 g/mol. The Labute approximate surface area is 165 Å². The Balaban J connectivity index is 1.69. The summed E-state index contributed by atoms with van der Waals surface area (Å²) in [6.45, 7) is 7.98. The molecular weight excluding hydrogens is 352 g/mol. The number of hydrogen-bond acceptors (Lipinski definition) is 5. The number of nitrogens with zero attached hydrogens (tertiary/aromatic N) is 3. The zero-order valence-corrected chi connectivity index (χ0v) is 16.7. The zero-order valence-electron chi connectivity index (χ0n) is 16.7. The van der Waals surface area contributed by atoms with Gasteiger partial charge in [0.2, 0.25) is 5.71 Å². The standard InChI is InChI=1S/C22H26N4O2/c1-14(2)16-7-9-17(10-8-16)25-21(27)18-15(3)28-22-19(18)20(23-13-24-22)26-11-5-4-6-12-26/h7-10,13-14H,4-6,11-12H2,1-3H3,(H,25,27). The fourth-order valence-corrected chi connectivity index (χ4v) is 3.79. The molecule has 1 aliphatic heterocycles. The predicted molar refractivity (Wildman–Crippen MR) is 111 cm³/mol. The van der Waals surface area contributed by atoms with E-state index in [-0.39, 0.29) is 5.91 Å². The van der Waals surface area contributed by atoms with Crippen LogP contribution in [0.3, 0.4) is 0 Å². The van der Waals surface area contributed by atoms with E-state index in [0.29, 0.717) is 28.3 Å². The third kappa shape index (κ3) is 3.46. The van der Waals surface area contributed by atoms with Gasteiger partial charge in [-0.05, 0) is 49.8 Å². The molecule has 1 aliphatic rings. The molecule has 1 fully saturated rings. The van der Waals surface area contributed by atoms with Gasteiger partial charge in [-0.25, -0.2) is 9.97 Å². The molecule has 0 bridgehead atoms. The van der Waals surface area contributed by atoms with Crippen LogP contribution in [0.4, 0.5) is 11.5 Å². The minimum Gasteiger partial charge on any atom is -0.442 e. The number of nitrogens with one attached hydrogen (secondary N) is 1. The fraction of sp³-hybridized carbons (Fsp3) is 0.409. The van der Waals surface area contributed by atoms with E-state index in [1.165, 1.54) is 18.3 Å². The van der Waals surface area contributed by atoms with Crippen LogP contribution in [-0.4, -0.2) is 29.0 Å². The van der Waals surface area contributed by atoms with Crippen LogP contribution in [-0.2, 0) is 0 Å². The van der Waals surface area contributed by atoms with Crippen molar-refractivity contribution in [3.8, 4) is 0 Å². The van der Waals surface area contributed by atoms with Crippen LogP contribution in [0.5, 0.6) is 0 Å². The van der Waals surface area contributed by atoms with E-state index in [0.717, 1.165) is 37.4 Å². The van der Waals surface area contributed by atoms with Crippen LogP contribution in [0.1, 0.15) is 60.7 Å². The average Bonchev–Trinajstić information content (AvgIpc) is 3.05. The van der Waals surface area contributed by atoms with Gasteiger partial charge < -0.3 is 14.6 Å². The van der Waals surface area contributed by atoms with Gasteiger partial charge in [0.1, 0.15) is 17.9 Å². The maximum atomic E-state index is 13.1. The van der Waals surface area contributed by atoms with E-state index < -0.39 is 0 Å². The second kappa shape index (κ2) is 7.62. The van der Waals surface area contributed by atoms with Crippen molar-refractivity contribution in [2.75, 3.05) is 23.3 Å². The van der Waals surface area contributed by atoms with Gasteiger partial charge in [0.25, 0.3) is 5.91 Å². The highest BCUT2D eigenvalue weighted by Crippen LogP contribution is 2.33.